The van der Waals surface area contributed by atoms with E-state index in [4.69, 9.17) is 32.9 Å². The summed E-state index contributed by atoms with van der Waals surface area (Å²) in [5.41, 5.74) is 3.01. The molecule has 4 aromatic rings. The molecule has 0 saturated carbocycles. The van der Waals surface area contributed by atoms with E-state index in [9.17, 15) is 9.59 Å². The molecule has 204 valence electrons. The van der Waals surface area contributed by atoms with E-state index in [1.807, 2.05) is 39.1 Å². The fourth-order valence-electron chi connectivity index (χ4n) is 4.52. The number of likely N-dealkylation sites (N-methyl/N-ethyl adjacent to an activating group) is 1. The number of rotatable bonds is 9. The first-order valence-electron chi connectivity index (χ1n) is 12.5. The molecule has 4 rings (SSSR count). The molecule has 2 heterocycles. The van der Waals surface area contributed by atoms with Crippen LogP contribution in [-0.2, 0) is 16.1 Å². The van der Waals surface area contributed by atoms with Crippen molar-refractivity contribution < 1.29 is 9.53 Å². The van der Waals surface area contributed by atoms with Crippen molar-refractivity contribution in [2.75, 3.05) is 32.3 Å². The summed E-state index contributed by atoms with van der Waals surface area (Å²) >= 11 is 12.7. The van der Waals surface area contributed by atoms with E-state index in [-0.39, 0.29) is 28.8 Å². The Morgan fingerprint density at radius 1 is 1.05 bits per heavy atom. The van der Waals surface area contributed by atoms with Crippen molar-refractivity contribution in [3.8, 4) is 22.5 Å². The van der Waals surface area contributed by atoms with Crippen molar-refractivity contribution in [3.63, 3.8) is 0 Å². The number of ether oxygens (including phenoxy) is 1. The average molecular weight is 569 g/mol. The van der Waals surface area contributed by atoms with E-state index < -0.39 is 5.56 Å². The fraction of sp³-hybridized carbons (Fsp3) is 0.310. The molecule has 0 aliphatic heterocycles. The number of carbonyl (C=O) groups is 1. The van der Waals surface area contributed by atoms with Crippen molar-refractivity contribution in [2.24, 2.45) is 0 Å². The minimum Gasteiger partial charge on any atom is -0.383 e. The van der Waals surface area contributed by atoms with Crippen LogP contribution in [0.5, 0.6) is 0 Å². The molecule has 0 bridgehead atoms. The number of methoxy groups -OCH3 is 1. The Bertz CT molecular complexity index is 1570. The predicted octanol–water partition coefficient (Wildman–Crippen LogP) is 5.40. The molecule has 0 aliphatic rings. The molecule has 0 atom stereocenters. The van der Waals surface area contributed by atoms with Crippen LogP contribution in [0.3, 0.4) is 0 Å². The highest BCUT2D eigenvalue weighted by molar-refractivity contribution is 6.31. The Morgan fingerprint density at radius 3 is 2.46 bits per heavy atom. The van der Waals surface area contributed by atoms with Crippen LogP contribution in [0.25, 0.3) is 33.5 Å². The standard InChI is InChI=1S/C29H31Cl2N5O3/c1-18(2)35(19(3)37)36-28(21-7-6-8-24(30)13-21)33-27-26(29(36)38)15-23(16-32-27)22-11-20(12-25(31)14-22)17-34(4)9-10-39-5/h6-8,11-16,18H,9-10,17H2,1-5H3. The van der Waals surface area contributed by atoms with E-state index in [0.717, 1.165) is 17.7 Å². The largest absolute Gasteiger partial charge is 0.383 e. The maximum Gasteiger partial charge on any atom is 0.282 e. The summed E-state index contributed by atoms with van der Waals surface area (Å²) in [5.74, 6) is -0.0130. The maximum atomic E-state index is 14.0. The van der Waals surface area contributed by atoms with Gasteiger partial charge in [-0.15, -0.1) is 0 Å². The minimum absolute atomic E-state index is 0.267. The topological polar surface area (TPSA) is 80.6 Å². The Morgan fingerprint density at radius 2 is 1.79 bits per heavy atom. The van der Waals surface area contributed by atoms with E-state index in [2.05, 4.69) is 9.88 Å². The van der Waals surface area contributed by atoms with Crippen LogP contribution >= 0.6 is 23.2 Å². The second-order valence-corrected chi connectivity index (χ2v) is 10.6. The lowest BCUT2D eigenvalue weighted by Gasteiger charge is -2.29. The van der Waals surface area contributed by atoms with E-state index in [0.29, 0.717) is 34.3 Å². The molecular formula is C29H31Cl2N5O3. The van der Waals surface area contributed by atoms with Gasteiger partial charge in [-0.3, -0.25) is 14.5 Å². The molecule has 10 heteroatoms. The summed E-state index contributed by atoms with van der Waals surface area (Å²) in [5, 5.41) is 2.74. The summed E-state index contributed by atoms with van der Waals surface area (Å²) in [6.07, 6.45) is 1.68. The number of amides is 1. The summed E-state index contributed by atoms with van der Waals surface area (Å²) in [6, 6.07) is 14.2. The van der Waals surface area contributed by atoms with Crippen LogP contribution in [0.4, 0.5) is 0 Å². The van der Waals surface area contributed by atoms with Gasteiger partial charge in [-0.1, -0.05) is 35.3 Å². The zero-order chi connectivity index (χ0) is 28.3. The molecule has 1 amide bonds. The smallest absolute Gasteiger partial charge is 0.282 e. The highest BCUT2D eigenvalue weighted by Crippen LogP contribution is 2.28. The van der Waals surface area contributed by atoms with Gasteiger partial charge in [0.15, 0.2) is 11.5 Å². The lowest BCUT2D eigenvalue weighted by atomic mass is 10.0. The van der Waals surface area contributed by atoms with Crippen molar-refractivity contribution in [3.05, 3.63) is 80.7 Å². The lowest BCUT2D eigenvalue weighted by Crippen LogP contribution is -2.50. The Hall–Kier alpha value is -3.30. The highest BCUT2D eigenvalue weighted by atomic mass is 35.5. The third-order valence-electron chi connectivity index (χ3n) is 6.23. The Balaban J connectivity index is 1.89. The normalized spacial score (nSPS) is 11.5. The molecule has 0 radical (unpaired) electrons. The lowest BCUT2D eigenvalue weighted by molar-refractivity contribution is -0.118. The molecule has 2 aromatic heterocycles. The number of aromatic nitrogens is 3. The van der Waals surface area contributed by atoms with Crippen molar-refractivity contribution in [1.82, 2.24) is 19.5 Å². The number of hydrogen-bond acceptors (Lipinski definition) is 6. The van der Waals surface area contributed by atoms with Crippen molar-refractivity contribution in [1.29, 1.82) is 0 Å². The van der Waals surface area contributed by atoms with Gasteiger partial charge in [0.05, 0.1) is 12.0 Å². The first-order chi connectivity index (χ1) is 18.6. The molecule has 39 heavy (non-hydrogen) atoms. The second-order valence-electron chi connectivity index (χ2n) is 9.69. The monoisotopic (exact) mass is 567 g/mol. The van der Waals surface area contributed by atoms with E-state index in [1.165, 1.54) is 16.6 Å². The Kier molecular flexibility index (Phi) is 9.02. The zero-order valence-corrected chi connectivity index (χ0v) is 24.1. The number of halogens is 2. The molecule has 0 N–H and O–H groups in total. The molecule has 8 nitrogen and oxygen atoms in total. The summed E-state index contributed by atoms with van der Waals surface area (Å²) in [4.78, 5) is 38.2. The van der Waals surface area contributed by atoms with E-state index >= 15 is 0 Å². The van der Waals surface area contributed by atoms with Crippen LogP contribution in [-0.4, -0.2) is 58.8 Å². The zero-order valence-electron chi connectivity index (χ0n) is 22.6. The van der Waals surface area contributed by atoms with Gasteiger partial charge in [0.25, 0.3) is 5.56 Å². The Labute approximate surface area is 237 Å². The average Bonchev–Trinajstić information content (AvgIpc) is 2.88. The van der Waals surface area contributed by atoms with Gasteiger partial charge in [-0.2, -0.15) is 4.68 Å². The number of fused-ring (bicyclic) bond motifs is 1. The fourth-order valence-corrected chi connectivity index (χ4v) is 4.96. The number of hydrogen-bond donors (Lipinski definition) is 0. The van der Waals surface area contributed by atoms with Gasteiger partial charge in [-0.05, 0) is 68.4 Å². The van der Waals surface area contributed by atoms with Gasteiger partial charge in [-0.25, -0.2) is 15.0 Å². The quantitative estimate of drug-likeness (QED) is 0.269. The molecular weight excluding hydrogens is 537 g/mol. The summed E-state index contributed by atoms with van der Waals surface area (Å²) in [6.45, 7) is 7.18. The molecule has 0 saturated heterocycles. The van der Waals surface area contributed by atoms with Crippen molar-refractivity contribution in [2.45, 2.75) is 33.4 Å². The van der Waals surface area contributed by atoms with Crippen LogP contribution in [0.2, 0.25) is 10.0 Å². The predicted molar refractivity (Wildman–Crippen MR) is 157 cm³/mol. The van der Waals surface area contributed by atoms with Crippen LogP contribution < -0.4 is 10.6 Å². The summed E-state index contributed by atoms with van der Waals surface area (Å²) < 4.78 is 6.49. The van der Waals surface area contributed by atoms with Gasteiger partial charge in [0, 0.05) is 60.5 Å². The minimum atomic E-state index is -0.408. The third kappa shape index (κ3) is 6.47. The number of nitrogens with zero attached hydrogens (tertiary/aromatic N) is 5. The second kappa shape index (κ2) is 12.3. The first kappa shape index (κ1) is 28.7. The highest BCUT2D eigenvalue weighted by Gasteiger charge is 2.24. The molecule has 0 unspecified atom stereocenters. The van der Waals surface area contributed by atoms with E-state index in [1.54, 1.807) is 43.6 Å². The first-order valence-corrected chi connectivity index (χ1v) is 13.3. The molecule has 0 aliphatic carbocycles. The number of pyridine rings is 1. The number of carbonyl (C=O) groups excluding carboxylic acids is 1. The molecule has 2 aromatic carbocycles. The molecule has 0 spiro atoms. The summed E-state index contributed by atoms with van der Waals surface area (Å²) in [7, 11) is 3.69. The maximum absolute atomic E-state index is 14.0. The van der Waals surface area contributed by atoms with Gasteiger partial charge < -0.3 is 4.74 Å². The number of benzene rings is 2. The van der Waals surface area contributed by atoms with Crippen LogP contribution in [0.15, 0.2) is 59.5 Å². The van der Waals surface area contributed by atoms with Crippen LogP contribution in [0, 0.1) is 0 Å². The van der Waals surface area contributed by atoms with Gasteiger partial charge >= 0.3 is 0 Å². The van der Waals surface area contributed by atoms with Gasteiger partial charge in [0.1, 0.15) is 0 Å². The van der Waals surface area contributed by atoms with Crippen molar-refractivity contribution >= 4 is 40.1 Å². The molecule has 0 fully saturated rings. The SMILES string of the molecule is COCCN(C)Cc1cc(Cl)cc(-c2cnc3nc(-c4cccc(Cl)c4)n(N(C(C)=O)C(C)C)c(=O)c3c2)c1. The third-order valence-corrected chi connectivity index (χ3v) is 6.69. The van der Waals surface area contributed by atoms with Crippen LogP contribution in [0.1, 0.15) is 26.3 Å². The van der Waals surface area contributed by atoms with Gasteiger partial charge in [0.2, 0.25) is 5.91 Å².